The van der Waals surface area contributed by atoms with E-state index in [0.29, 0.717) is 6.04 Å². The lowest BCUT2D eigenvalue weighted by atomic mass is 9.81. The number of carbonyl (C=O) groups excluding carboxylic acids is 1. The van der Waals surface area contributed by atoms with E-state index in [1.54, 1.807) is 7.05 Å². The van der Waals surface area contributed by atoms with Crippen molar-refractivity contribution in [2.45, 2.75) is 32.7 Å². The fraction of sp³-hybridized carbons (Fsp3) is 0.500. The maximum Gasteiger partial charge on any atom is 0.251 e. The minimum absolute atomic E-state index is 0.0203. The second kappa shape index (κ2) is 4.78. The Balaban J connectivity index is 2.14. The van der Waals surface area contributed by atoms with E-state index in [1.807, 2.05) is 25.1 Å². The molecule has 3 heteroatoms. The summed E-state index contributed by atoms with van der Waals surface area (Å²) >= 11 is 0. The predicted molar refractivity (Wildman–Crippen MR) is 70.4 cm³/mol. The van der Waals surface area contributed by atoms with Gasteiger partial charge < -0.3 is 10.6 Å². The highest BCUT2D eigenvalue weighted by Crippen LogP contribution is 2.31. The first-order chi connectivity index (χ1) is 8.11. The Labute approximate surface area is 103 Å². The normalized spacial score (nSPS) is 22.8. The molecule has 17 heavy (non-hydrogen) atoms. The first kappa shape index (κ1) is 12.0. The Hall–Kier alpha value is -1.51. The van der Waals surface area contributed by atoms with E-state index in [4.69, 9.17) is 0 Å². The van der Waals surface area contributed by atoms with Crippen molar-refractivity contribution in [3.8, 4) is 0 Å². The summed E-state index contributed by atoms with van der Waals surface area (Å²) in [6, 6.07) is 6.42. The minimum Gasteiger partial charge on any atom is -0.382 e. The van der Waals surface area contributed by atoms with Crippen molar-refractivity contribution in [3.63, 3.8) is 0 Å². The maximum atomic E-state index is 11.7. The topological polar surface area (TPSA) is 41.1 Å². The van der Waals surface area contributed by atoms with Gasteiger partial charge >= 0.3 is 0 Å². The van der Waals surface area contributed by atoms with Gasteiger partial charge in [0, 0.05) is 24.3 Å². The number of anilines is 1. The summed E-state index contributed by atoms with van der Waals surface area (Å²) in [4.78, 5) is 11.7. The molecule has 1 aromatic rings. The predicted octanol–water partition coefficient (Wildman–Crippen LogP) is 2.57. The van der Waals surface area contributed by atoms with Crippen LogP contribution in [0.4, 0.5) is 5.69 Å². The molecule has 3 nitrogen and oxygen atoms in total. The highest BCUT2D eigenvalue weighted by Gasteiger charge is 2.25. The van der Waals surface area contributed by atoms with Gasteiger partial charge in [-0.1, -0.05) is 13.0 Å². The quantitative estimate of drug-likeness (QED) is 0.841. The molecule has 0 bridgehead atoms. The van der Waals surface area contributed by atoms with Gasteiger partial charge in [-0.2, -0.15) is 0 Å². The molecule has 0 aliphatic heterocycles. The van der Waals surface area contributed by atoms with Crippen LogP contribution in [-0.2, 0) is 0 Å². The van der Waals surface area contributed by atoms with Crippen molar-refractivity contribution < 1.29 is 4.79 Å². The van der Waals surface area contributed by atoms with Crippen LogP contribution in [0, 0.1) is 12.8 Å². The smallest absolute Gasteiger partial charge is 0.251 e. The second-order valence-corrected chi connectivity index (χ2v) is 4.98. The highest BCUT2D eigenvalue weighted by atomic mass is 16.1. The summed E-state index contributed by atoms with van der Waals surface area (Å²) < 4.78 is 0. The van der Waals surface area contributed by atoms with Crippen LogP contribution in [-0.4, -0.2) is 19.0 Å². The van der Waals surface area contributed by atoms with Gasteiger partial charge in [0.25, 0.3) is 5.91 Å². The molecule has 2 rings (SSSR count). The van der Waals surface area contributed by atoms with Crippen molar-refractivity contribution in [1.82, 2.24) is 5.32 Å². The molecule has 1 saturated carbocycles. The molecule has 92 valence electrons. The zero-order valence-electron chi connectivity index (χ0n) is 10.7. The summed E-state index contributed by atoms with van der Waals surface area (Å²) in [6.07, 6.45) is 2.45. The Morgan fingerprint density at radius 2 is 2.06 bits per heavy atom. The van der Waals surface area contributed by atoms with Gasteiger partial charge in [0.15, 0.2) is 0 Å². The van der Waals surface area contributed by atoms with E-state index in [-0.39, 0.29) is 5.91 Å². The Morgan fingerprint density at radius 1 is 1.35 bits per heavy atom. The van der Waals surface area contributed by atoms with Gasteiger partial charge in [-0.15, -0.1) is 0 Å². The number of rotatable bonds is 3. The molecule has 1 aliphatic carbocycles. The number of benzene rings is 1. The second-order valence-electron chi connectivity index (χ2n) is 4.98. The van der Waals surface area contributed by atoms with Crippen LogP contribution in [0.1, 0.15) is 35.7 Å². The summed E-state index contributed by atoms with van der Waals surface area (Å²) in [7, 11) is 1.66. The van der Waals surface area contributed by atoms with Crippen LogP contribution in [0.5, 0.6) is 0 Å². The largest absolute Gasteiger partial charge is 0.382 e. The van der Waals surface area contributed by atoms with E-state index < -0.39 is 0 Å². The van der Waals surface area contributed by atoms with Gasteiger partial charge in [-0.05, 0) is 43.4 Å². The number of carbonyl (C=O) groups is 1. The number of hydrogen-bond donors (Lipinski definition) is 2. The number of amides is 1. The summed E-state index contributed by atoms with van der Waals surface area (Å²) in [5.41, 5.74) is 2.87. The molecule has 0 radical (unpaired) electrons. The van der Waals surface area contributed by atoms with Crippen LogP contribution < -0.4 is 10.6 Å². The van der Waals surface area contributed by atoms with E-state index in [9.17, 15) is 4.79 Å². The Kier molecular flexibility index (Phi) is 3.36. The molecule has 1 fully saturated rings. The zero-order valence-corrected chi connectivity index (χ0v) is 10.7. The monoisotopic (exact) mass is 232 g/mol. The average molecular weight is 232 g/mol. The van der Waals surface area contributed by atoms with Crippen molar-refractivity contribution in [3.05, 3.63) is 29.3 Å². The van der Waals surface area contributed by atoms with Crippen molar-refractivity contribution in [1.29, 1.82) is 0 Å². The minimum atomic E-state index is -0.0203. The number of hydrogen-bond acceptors (Lipinski definition) is 2. The molecular formula is C14H20N2O. The van der Waals surface area contributed by atoms with E-state index in [2.05, 4.69) is 17.6 Å². The van der Waals surface area contributed by atoms with Gasteiger partial charge in [0.2, 0.25) is 0 Å². The standard InChI is InChI=1S/C14H20N2O/c1-9-7-11(8-9)16-13-6-4-5-12(10(13)2)14(17)15-3/h4-6,9,11,16H,7-8H2,1-3H3,(H,15,17). The third kappa shape index (κ3) is 2.43. The SMILES string of the molecule is CNC(=O)c1cccc(NC2CC(C)C2)c1C. The molecule has 0 aromatic heterocycles. The number of nitrogens with one attached hydrogen (secondary N) is 2. The molecule has 1 aliphatic rings. The average Bonchev–Trinajstić information content (AvgIpc) is 2.28. The van der Waals surface area contributed by atoms with Crippen LogP contribution in [0.2, 0.25) is 0 Å². The summed E-state index contributed by atoms with van der Waals surface area (Å²) in [5.74, 6) is 0.808. The third-order valence-corrected chi connectivity index (χ3v) is 3.54. The van der Waals surface area contributed by atoms with Crippen LogP contribution in [0.25, 0.3) is 0 Å². The van der Waals surface area contributed by atoms with Crippen molar-refractivity contribution in [2.24, 2.45) is 5.92 Å². The first-order valence-electron chi connectivity index (χ1n) is 6.20. The fourth-order valence-corrected chi connectivity index (χ4v) is 2.41. The molecule has 0 spiro atoms. The van der Waals surface area contributed by atoms with Gasteiger partial charge in [0.05, 0.1) is 0 Å². The molecule has 0 saturated heterocycles. The van der Waals surface area contributed by atoms with Gasteiger partial charge in [-0.25, -0.2) is 0 Å². The maximum absolute atomic E-state index is 11.7. The zero-order chi connectivity index (χ0) is 12.4. The van der Waals surface area contributed by atoms with Crippen LogP contribution >= 0.6 is 0 Å². The Morgan fingerprint density at radius 3 is 2.65 bits per heavy atom. The highest BCUT2D eigenvalue weighted by molar-refractivity contribution is 5.96. The molecule has 0 unspecified atom stereocenters. The van der Waals surface area contributed by atoms with Gasteiger partial charge in [0.1, 0.15) is 0 Å². The third-order valence-electron chi connectivity index (χ3n) is 3.54. The van der Waals surface area contributed by atoms with Crippen molar-refractivity contribution in [2.75, 3.05) is 12.4 Å². The molecule has 0 atom stereocenters. The Bertz CT molecular complexity index is 422. The van der Waals surface area contributed by atoms with E-state index in [0.717, 1.165) is 22.7 Å². The van der Waals surface area contributed by atoms with E-state index in [1.165, 1.54) is 12.8 Å². The molecule has 1 aromatic carbocycles. The summed E-state index contributed by atoms with van der Waals surface area (Å²) in [5, 5.41) is 6.19. The molecule has 0 heterocycles. The van der Waals surface area contributed by atoms with Crippen molar-refractivity contribution >= 4 is 11.6 Å². The fourth-order valence-electron chi connectivity index (χ4n) is 2.41. The van der Waals surface area contributed by atoms with Gasteiger partial charge in [-0.3, -0.25) is 4.79 Å². The van der Waals surface area contributed by atoms with E-state index >= 15 is 0 Å². The summed E-state index contributed by atoms with van der Waals surface area (Å²) in [6.45, 7) is 4.26. The van der Waals surface area contributed by atoms with Crippen LogP contribution in [0.15, 0.2) is 18.2 Å². The van der Waals surface area contributed by atoms with Crippen LogP contribution in [0.3, 0.4) is 0 Å². The lowest BCUT2D eigenvalue weighted by Crippen LogP contribution is -2.34. The molecule has 1 amide bonds. The lowest BCUT2D eigenvalue weighted by Gasteiger charge is -2.34. The molecular weight excluding hydrogens is 212 g/mol. The molecule has 2 N–H and O–H groups in total. The lowest BCUT2D eigenvalue weighted by molar-refractivity contribution is 0.0962. The first-order valence-corrected chi connectivity index (χ1v) is 6.20.